The normalized spacial score (nSPS) is 11.1. The smallest absolute Gasteiger partial charge is 0.0445 e. The lowest BCUT2D eigenvalue weighted by atomic mass is 10.0. The van der Waals surface area contributed by atoms with Crippen molar-refractivity contribution in [2.24, 2.45) is 0 Å². The molecule has 0 saturated carbocycles. The van der Waals surface area contributed by atoms with E-state index in [9.17, 15) is 0 Å². The highest BCUT2D eigenvalue weighted by molar-refractivity contribution is 5.78. The lowest BCUT2D eigenvalue weighted by Gasteiger charge is -2.27. The zero-order valence-electron chi connectivity index (χ0n) is 21.9. The van der Waals surface area contributed by atoms with Gasteiger partial charge < -0.3 is 4.90 Å². The predicted octanol–water partition coefficient (Wildman–Crippen LogP) is 10.4. The standard InChI is InChI=1S/C32H51N/c1-3-5-7-9-11-13-15-22-28-33(29-23-16-14-12-10-8-6-4-2)32-27-21-20-26-31(32)30-24-18-17-19-25-30/h17-21,24-27H,3-16,22-23,28-29H2,1-2H3. The molecule has 0 aliphatic rings. The molecule has 1 nitrogen and oxygen atoms in total. The summed E-state index contributed by atoms with van der Waals surface area (Å²) in [4.78, 5) is 2.69. The largest absolute Gasteiger partial charge is 0.371 e. The van der Waals surface area contributed by atoms with E-state index in [2.05, 4.69) is 73.3 Å². The van der Waals surface area contributed by atoms with Crippen LogP contribution in [0.25, 0.3) is 11.1 Å². The average Bonchev–Trinajstić information content (AvgIpc) is 2.86. The quantitative estimate of drug-likeness (QED) is 0.182. The number of anilines is 1. The SMILES string of the molecule is CCCCCCCCCCN(CCCCCCCCCC)c1ccccc1-c1ccccc1. The van der Waals surface area contributed by atoms with Gasteiger partial charge in [0.05, 0.1) is 0 Å². The van der Waals surface area contributed by atoms with Crippen LogP contribution in [0.1, 0.15) is 117 Å². The topological polar surface area (TPSA) is 3.24 Å². The molecule has 0 radical (unpaired) electrons. The average molecular weight is 450 g/mol. The molecule has 0 atom stereocenters. The first-order valence-corrected chi connectivity index (χ1v) is 14.3. The fraction of sp³-hybridized carbons (Fsp3) is 0.625. The summed E-state index contributed by atoms with van der Waals surface area (Å²) in [6, 6.07) is 20.0. The second-order valence-corrected chi connectivity index (χ2v) is 9.82. The van der Waals surface area contributed by atoms with Gasteiger partial charge in [-0.25, -0.2) is 0 Å². The number of nitrogens with zero attached hydrogens (tertiary/aromatic N) is 1. The van der Waals surface area contributed by atoms with Gasteiger partial charge in [-0.05, 0) is 24.5 Å². The van der Waals surface area contributed by atoms with Crippen molar-refractivity contribution >= 4 is 5.69 Å². The van der Waals surface area contributed by atoms with Crippen LogP contribution in [-0.4, -0.2) is 13.1 Å². The molecule has 0 unspecified atom stereocenters. The van der Waals surface area contributed by atoms with Gasteiger partial charge in [-0.2, -0.15) is 0 Å². The number of para-hydroxylation sites is 1. The van der Waals surface area contributed by atoms with Crippen molar-refractivity contribution in [3.05, 3.63) is 54.6 Å². The minimum Gasteiger partial charge on any atom is -0.371 e. The molecule has 0 spiro atoms. The van der Waals surface area contributed by atoms with E-state index < -0.39 is 0 Å². The van der Waals surface area contributed by atoms with E-state index in [4.69, 9.17) is 0 Å². The van der Waals surface area contributed by atoms with Gasteiger partial charge in [-0.1, -0.05) is 152 Å². The number of hydrogen-bond donors (Lipinski definition) is 0. The second kappa shape index (κ2) is 18.6. The summed E-state index contributed by atoms with van der Waals surface area (Å²) in [5.41, 5.74) is 4.15. The molecule has 0 amide bonds. The summed E-state index contributed by atoms with van der Waals surface area (Å²) >= 11 is 0. The van der Waals surface area contributed by atoms with Gasteiger partial charge in [0.15, 0.2) is 0 Å². The van der Waals surface area contributed by atoms with E-state index in [0.29, 0.717) is 0 Å². The van der Waals surface area contributed by atoms with Crippen LogP contribution in [0, 0.1) is 0 Å². The highest BCUT2D eigenvalue weighted by Gasteiger charge is 2.12. The van der Waals surface area contributed by atoms with Gasteiger partial charge in [0.25, 0.3) is 0 Å². The molecule has 2 rings (SSSR count). The molecule has 0 N–H and O–H groups in total. The molecular weight excluding hydrogens is 398 g/mol. The van der Waals surface area contributed by atoms with Gasteiger partial charge in [-0.3, -0.25) is 0 Å². The van der Waals surface area contributed by atoms with E-state index >= 15 is 0 Å². The van der Waals surface area contributed by atoms with Crippen LogP contribution in [0.15, 0.2) is 54.6 Å². The van der Waals surface area contributed by atoms with Crippen molar-refractivity contribution in [2.45, 2.75) is 117 Å². The first-order valence-electron chi connectivity index (χ1n) is 14.3. The predicted molar refractivity (Wildman–Crippen MR) is 149 cm³/mol. The molecule has 1 heteroatoms. The van der Waals surface area contributed by atoms with Gasteiger partial charge in [0, 0.05) is 24.3 Å². The summed E-state index contributed by atoms with van der Waals surface area (Å²) in [7, 11) is 0. The Morgan fingerprint density at radius 2 is 0.879 bits per heavy atom. The van der Waals surface area contributed by atoms with Crippen molar-refractivity contribution in [1.82, 2.24) is 0 Å². The third-order valence-electron chi connectivity index (χ3n) is 6.89. The summed E-state index contributed by atoms with van der Waals surface area (Å²) in [6.45, 7) is 6.98. The molecule has 0 fully saturated rings. The van der Waals surface area contributed by atoms with Gasteiger partial charge in [-0.15, -0.1) is 0 Å². The number of rotatable bonds is 20. The minimum absolute atomic E-state index is 1.19. The zero-order valence-corrected chi connectivity index (χ0v) is 21.9. The molecular formula is C32H51N. The van der Waals surface area contributed by atoms with Crippen LogP contribution in [0.2, 0.25) is 0 Å². The fourth-order valence-electron chi connectivity index (χ4n) is 4.84. The van der Waals surface area contributed by atoms with Crippen molar-refractivity contribution in [1.29, 1.82) is 0 Å². The van der Waals surface area contributed by atoms with Crippen LogP contribution in [0.3, 0.4) is 0 Å². The summed E-state index contributed by atoms with van der Waals surface area (Å²) in [5.74, 6) is 0. The first-order chi connectivity index (χ1) is 16.4. The molecule has 0 saturated heterocycles. The van der Waals surface area contributed by atoms with Crippen LogP contribution in [0.4, 0.5) is 5.69 Å². The highest BCUT2D eigenvalue weighted by Crippen LogP contribution is 2.31. The molecule has 0 aliphatic heterocycles. The Hall–Kier alpha value is -1.76. The Balaban J connectivity index is 1.88. The molecule has 0 aromatic heterocycles. The van der Waals surface area contributed by atoms with Crippen molar-refractivity contribution in [2.75, 3.05) is 18.0 Å². The molecule has 2 aromatic rings. The van der Waals surface area contributed by atoms with Crippen LogP contribution in [0.5, 0.6) is 0 Å². The Morgan fingerprint density at radius 3 is 1.39 bits per heavy atom. The maximum atomic E-state index is 2.69. The summed E-state index contributed by atoms with van der Waals surface area (Å²) in [6.07, 6.45) is 22.2. The molecule has 0 bridgehead atoms. The van der Waals surface area contributed by atoms with Crippen LogP contribution >= 0.6 is 0 Å². The Bertz CT molecular complexity index is 673. The monoisotopic (exact) mass is 449 g/mol. The molecule has 33 heavy (non-hydrogen) atoms. The number of unbranched alkanes of at least 4 members (excludes halogenated alkanes) is 14. The second-order valence-electron chi connectivity index (χ2n) is 9.82. The summed E-state index contributed by atoms with van der Waals surface area (Å²) in [5, 5.41) is 0. The zero-order chi connectivity index (χ0) is 23.4. The maximum absolute atomic E-state index is 2.69. The third kappa shape index (κ3) is 11.8. The Morgan fingerprint density at radius 1 is 0.455 bits per heavy atom. The highest BCUT2D eigenvalue weighted by atomic mass is 15.1. The van der Waals surface area contributed by atoms with E-state index in [1.54, 1.807) is 0 Å². The van der Waals surface area contributed by atoms with Gasteiger partial charge >= 0.3 is 0 Å². The minimum atomic E-state index is 1.19. The lowest BCUT2D eigenvalue weighted by Crippen LogP contribution is -2.26. The van der Waals surface area contributed by atoms with E-state index in [1.165, 1.54) is 133 Å². The lowest BCUT2D eigenvalue weighted by molar-refractivity contribution is 0.555. The van der Waals surface area contributed by atoms with Gasteiger partial charge in [0.1, 0.15) is 0 Å². The molecule has 0 heterocycles. The third-order valence-corrected chi connectivity index (χ3v) is 6.89. The summed E-state index contributed by atoms with van der Waals surface area (Å²) < 4.78 is 0. The Labute approximate surface area is 206 Å². The first kappa shape index (κ1) is 27.5. The van der Waals surface area contributed by atoms with Crippen molar-refractivity contribution in [3.63, 3.8) is 0 Å². The van der Waals surface area contributed by atoms with Crippen molar-refractivity contribution < 1.29 is 0 Å². The van der Waals surface area contributed by atoms with Gasteiger partial charge in [0.2, 0.25) is 0 Å². The van der Waals surface area contributed by atoms with Crippen molar-refractivity contribution in [3.8, 4) is 11.1 Å². The van der Waals surface area contributed by atoms with E-state index in [-0.39, 0.29) is 0 Å². The number of hydrogen-bond acceptors (Lipinski definition) is 1. The van der Waals surface area contributed by atoms with E-state index in [1.807, 2.05) is 0 Å². The number of benzene rings is 2. The van der Waals surface area contributed by atoms with Crippen LogP contribution in [-0.2, 0) is 0 Å². The molecule has 0 aliphatic carbocycles. The molecule has 184 valence electrons. The maximum Gasteiger partial charge on any atom is 0.0445 e. The van der Waals surface area contributed by atoms with E-state index in [0.717, 1.165) is 0 Å². The van der Waals surface area contributed by atoms with Crippen LogP contribution < -0.4 is 4.90 Å². The fourth-order valence-corrected chi connectivity index (χ4v) is 4.84. The molecule has 2 aromatic carbocycles. The Kier molecular flexibility index (Phi) is 15.5.